The molecule has 3 fully saturated rings. The molecule has 8 nitrogen and oxygen atoms in total. The van der Waals surface area contributed by atoms with E-state index >= 15 is 0 Å². The first-order valence-corrected chi connectivity index (χ1v) is 11.8. The molecule has 5 rings (SSSR count). The number of benzene rings is 1. The van der Waals surface area contributed by atoms with Gasteiger partial charge in [0.05, 0.1) is 18.0 Å². The van der Waals surface area contributed by atoms with Crippen molar-refractivity contribution in [3.05, 3.63) is 53.9 Å². The number of rotatable bonds is 4. The Morgan fingerprint density at radius 2 is 1.82 bits per heavy atom. The van der Waals surface area contributed by atoms with Gasteiger partial charge in [-0.3, -0.25) is 4.90 Å². The number of nitrogens with zero attached hydrogens (tertiary/aromatic N) is 6. The second kappa shape index (κ2) is 8.64. The molecule has 0 radical (unpaired) electrons. The molecule has 8 heteroatoms. The van der Waals surface area contributed by atoms with Gasteiger partial charge in [-0.05, 0) is 37.7 Å². The lowest BCUT2D eigenvalue weighted by Gasteiger charge is -2.59. The highest BCUT2D eigenvalue weighted by Gasteiger charge is 2.52. The number of piperazine rings is 1. The Kier molecular flexibility index (Phi) is 5.67. The third kappa shape index (κ3) is 4.38. The number of anilines is 1. The molecular formula is C25H31N7O. The summed E-state index contributed by atoms with van der Waals surface area (Å²) in [6.45, 7) is 8.72. The molecular weight excluding hydrogens is 414 g/mol. The van der Waals surface area contributed by atoms with Crippen molar-refractivity contribution in [2.24, 2.45) is 5.41 Å². The normalized spacial score (nSPS) is 24.6. The van der Waals surface area contributed by atoms with E-state index in [1.54, 1.807) is 12.4 Å². The van der Waals surface area contributed by atoms with E-state index in [1.165, 1.54) is 5.56 Å². The monoisotopic (exact) mass is 445 g/mol. The summed E-state index contributed by atoms with van der Waals surface area (Å²) in [7, 11) is 0. The van der Waals surface area contributed by atoms with Crippen molar-refractivity contribution < 1.29 is 4.79 Å². The highest BCUT2D eigenvalue weighted by molar-refractivity contribution is 5.75. The zero-order valence-corrected chi connectivity index (χ0v) is 19.3. The van der Waals surface area contributed by atoms with Crippen molar-refractivity contribution in [2.75, 3.05) is 31.1 Å². The summed E-state index contributed by atoms with van der Waals surface area (Å²) in [4.78, 5) is 28.2. The number of hydrogen-bond acceptors (Lipinski definition) is 6. The molecule has 1 aromatic heterocycles. The molecule has 2 amide bonds. The Hall–Kier alpha value is -3.18. The van der Waals surface area contributed by atoms with Gasteiger partial charge >= 0.3 is 6.03 Å². The van der Waals surface area contributed by atoms with Crippen LogP contribution in [0.2, 0.25) is 0 Å². The quantitative estimate of drug-likeness (QED) is 0.778. The van der Waals surface area contributed by atoms with Crippen LogP contribution >= 0.6 is 0 Å². The van der Waals surface area contributed by atoms with Gasteiger partial charge < -0.3 is 15.1 Å². The predicted octanol–water partition coefficient (Wildman–Crippen LogP) is 2.62. The van der Waals surface area contributed by atoms with Crippen LogP contribution in [-0.2, 0) is 6.54 Å². The number of carbonyl (C=O) groups excluding carboxylic acids is 1. The van der Waals surface area contributed by atoms with E-state index in [4.69, 9.17) is 5.26 Å². The summed E-state index contributed by atoms with van der Waals surface area (Å²) in [5.74, 6) is 0.611. The second-order valence-corrected chi connectivity index (χ2v) is 10.1. The number of hydrogen-bond donors (Lipinski definition) is 1. The topological polar surface area (TPSA) is 88.4 Å². The molecule has 1 aliphatic carbocycles. The van der Waals surface area contributed by atoms with Crippen LogP contribution in [0.4, 0.5) is 10.7 Å². The van der Waals surface area contributed by atoms with Gasteiger partial charge in [-0.2, -0.15) is 5.26 Å². The van der Waals surface area contributed by atoms with Crippen LogP contribution in [0.3, 0.4) is 0 Å². The van der Waals surface area contributed by atoms with Crippen LogP contribution in [0, 0.1) is 16.7 Å². The summed E-state index contributed by atoms with van der Waals surface area (Å²) in [6, 6.07) is 13.1. The summed E-state index contributed by atoms with van der Waals surface area (Å²) in [5.41, 5.74) is 2.22. The van der Waals surface area contributed by atoms with Gasteiger partial charge in [0.25, 0.3) is 0 Å². The van der Waals surface area contributed by atoms with Crippen LogP contribution in [0.15, 0.2) is 42.7 Å². The van der Waals surface area contributed by atoms with Gasteiger partial charge in [0.1, 0.15) is 6.07 Å². The van der Waals surface area contributed by atoms with Crippen LogP contribution in [-0.4, -0.2) is 70.1 Å². The lowest BCUT2D eigenvalue weighted by atomic mass is 9.60. The minimum atomic E-state index is 0.0371. The minimum absolute atomic E-state index is 0.0371. The van der Waals surface area contributed by atoms with E-state index in [9.17, 15) is 4.79 Å². The van der Waals surface area contributed by atoms with Gasteiger partial charge in [0.15, 0.2) is 0 Å². The predicted molar refractivity (Wildman–Crippen MR) is 125 cm³/mol. The number of aromatic nitrogens is 2. The average Bonchev–Trinajstić information content (AvgIpc) is 2.78. The molecule has 2 aromatic rings. The van der Waals surface area contributed by atoms with E-state index in [-0.39, 0.29) is 24.2 Å². The SMILES string of the molecule is C[C@@H]1CN(C(=O)NC2CC3(C2)CN(Cc2ccccc2)C3)[C@@H](C)CN1c1ncc(C#N)cn1. The van der Waals surface area contributed by atoms with Crippen molar-refractivity contribution >= 4 is 12.0 Å². The van der Waals surface area contributed by atoms with Crippen molar-refractivity contribution in [1.82, 2.24) is 25.1 Å². The van der Waals surface area contributed by atoms with Crippen LogP contribution in [0.1, 0.15) is 37.8 Å². The number of urea groups is 1. The minimum Gasteiger partial charge on any atom is -0.335 e. The molecule has 3 heterocycles. The number of amides is 2. The van der Waals surface area contributed by atoms with Gasteiger partial charge in [0.2, 0.25) is 5.95 Å². The second-order valence-electron chi connectivity index (χ2n) is 10.1. The highest BCUT2D eigenvalue weighted by Crippen LogP contribution is 2.48. The molecule has 2 aliphatic heterocycles. The maximum Gasteiger partial charge on any atom is 0.317 e. The molecule has 2 atom stereocenters. The molecule has 1 spiro atoms. The third-order valence-electron chi connectivity index (χ3n) is 7.32. The highest BCUT2D eigenvalue weighted by atomic mass is 16.2. The van der Waals surface area contributed by atoms with Gasteiger partial charge in [-0.1, -0.05) is 30.3 Å². The first-order chi connectivity index (χ1) is 15.9. The van der Waals surface area contributed by atoms with Crippen molar-refractivity contribution in [1.29, 1.82) is 5.26 Å². The molecule has 1 saturated carbocycles. The van der Waals surface area contributed by atoms with E-state index < -0.39 is 0 Å². The van der Waals surface area contributed by atoms with Gasteiger partial charge in [0, 0.05) is 50.8 Å². The lowest BCUT2D eigenvalue weighted by Crippen LogP contribution is -2.68. The molecule has 2 saturated heterocycles. The Labute approximate surface area is 195 Å². The molecule has 0 unspecified atom stereocenters. The van der Waals surface area contributed by atoms with Crippen LogP contribution in [0.25, 0.3) is 0 Å². The number of nitriles is 1. The van der Waals surface area contributed by atoms with E-state index in [2.05, 4.69) is 69.3 Å². The Morgan fingerprint density at radius 1 is 1.12 bits per heavy atom. The molecule has 172 valence electrons. The van der Waals surface area contributed by atoms with Gasteiger partial charge in [-0.25, -0.2) is 14.8 Å². The number of carbonyl (C=O) groups is 1. The Morgan fingerprint density at radius 3 is 2.48 bits per heavy atom. The third-order valence-corrected chi connectivity index (χ3v) is 7.32. The van der Waals surface area contributed by atoms with Crippen molar-refractivity contribution in [3.8, 4) is 6.07 Å². The maximum absolute atomic E-state index is 13.0. The zero-order valence-electron chi connectivity index (χ0n) is 19.3. The fourth-order valence-electron chi connectivity index (χ4n) is 5.67. The number of likely N-dealkylation sites (tertiary alicyclic amines) is 1. The van der Waals surface area contributed by atoms with Crippen LogP contribution in [0.5, 0.6) is 0 Å². The smallest absolute Gasteiger partial charge is 0.317 e. The fourth-order valence-corrected chi connectivity index (χ4v) is 5.67. The largest absolute Gasteiger partial charge is 0.335 e. The van der Waals surface area contributed by atoms with Crippen LogP contribution < -0.4 is 10.2 Å². The number of nitrogens with one attached hydrogen (secondary N) is 1. The standard InChI is InChI=1S/C25H31N7O/c1-18-14-32(19(2)13-31(18)23-27-11-21(10-26)12-28-23)24(33)29-22-8-25(9-22)16-30(17-25)15-20-6-4-3-5-7-20/h3-7,11-12,18-19,22H,8-9,13-17H2,1-2H3,(H,29,33)/t18-,19+/m1/s1. The first kappa shape index (κ1) is 21.7. The van der Waals surface area contributed by atoms with Crippen molar-refractivity contribution in [2.45, 2.75) is 51.4 Å². The maximum atomic E-state index is 13.0. The fraction of sp³-hybridized carbons (Fsp3) is 0.520. The summed E-state index contributed by atoms with van der Waals surface area (Å²) >= 11 is 0. The Bertz CT molecular complexity index is 1020. The zero-order chi connectivity index (χ0) is 23.0. The summed E-state index contributed by atoms with van der Waals surface area (Å²) in [5, 5.41) is 12.2. The van der Waals surface area contributed by atoms with Gasteiger partial charge in [-0.15, -0.1) is 0 Å². The van der Waals surface area contributed by atoms with E-state index in [1.807, 2.05) is 11.0 Å². The molecule has 3 aliphatic rings. The Balaban J connectivity index is 1.09. The molecule has 1 N–H and O–H groups in total. The first-order valence-electron chi connectivity index (χ1n) is 11.8. The summed E-state index contributed by atoms with van der Waals surface area (Å²) < 4.78 is 0. The van der Waals surface area contributed by atoms with Crippen molar-refractivity contribution in [3.63, 3.8) is 0 Å². The van der Waals surface area contributed by atoms with E-state index in [0.29, 0.717) is 30.0 Å². The molecule has 33 heavy (non-hydrogen) atoms. The lowest BCUT2D eigenvalue weighted by molar-refractivity contribution is -0.0811. The molecule has 1 aromatic carbocycles. The average molecular weight is 446 g/mol. The molecule has 0 bridgehead atoms. The van der Waals surface area contributed by atoms with E-state index in [0.717, 1.165) is 32.5 Å². The summed E-state index contributed by atoms with van der Waals surface area (Å²) in [6.07, 6.45) is 5.25.